The lowest BCUT2D eigenvalue weighted by atomic mass is 9.87. The molecular weight excluding hydrogens is 771 g/mol. The van der Waals surface area contributed by atoms with Gasteiger partial charge in [-0.25, -0.2) is 0 Å². The number of benzene rings is 1. The highest BCUT2D eigenvalue weighted by molar-refractivity contribution is 5.97. The van der Waals surface area contributed by atoms with Crippen molar-refractivity contribution in [2.75, 3.05) is 19.8 Å². The van der Waals surface area contributed by atoms with E-state index in [4.69, 9.17) is 11.5 Å². The standard InChI is InChI=1S/C44H75N7O9/c1-6-7-8-9-10-11-12-13-17-22-38(57)50-40(31(5)54)43(60)51-39(29(2)3)37(56)25-33(24-32-19-15-14-16-20-32)41(58)49-35(21-18-23-47-44(45)46)36(55)26-34(28-53)42(59)48-30(4)27-52/h14-16,19-20,29-31,33-35,39-40,52-54H,6-13,17-18,21-28H2,1-5H3,(H,48,59)(H,49,58)(H,50,57)(H,51,60)(H4,45,46,47)/t30-,31-,33-,34+,35+,39+,40+/m1/s1. The number of aliphatic imine (C=N–C) groups is 1. The number of aliphatic hydroxyl groups excluding tert-OH is 3. The molecule has 1 aromatic carbocycles. The maximum Gasteiger partial charge on any atom is 0.245 e. The summed E-state index contributed by atoms with van der Waals surface area (Å²) in [6.07, 6.45) is 8.39. The van der Waals surface area contributed by atoms with Gasteiger partial charge in [0.25, 0.3) is 0 Å². The van der Waals surface area contributed by atoms with Gasteiger partial charge in [0, 0.05) is 37.8 Å². The zero-order valence-corrected chi connectivity index (χ0v) is 36.6. The predicted octanol–water partition coefficient (Wildman–Crippen LogP) is 2.33. The van der Waals surface area contributed by atoms with Gasteiger partial charge in [-0.1, -0.05) is 102 Å². The van der Waals surface area contributed by atoms with Crippen molar-refractivity contribution in [2.24, 2.45) is 34.2 Å². The van der Waals surface area contributed by atoms with Crippen molar-refractivity contribution in [3.05, 3.63) is 35.9 Å². The molecule has 0 aliphatic heterocycles. The second kappa shape index (κ2) is 30.6. The second-order valence-corrected chi connectivity index (χ2v) is 16.3. The third-order valence-electron chi connectivity index (χ3n) is 10.4. The molecule has 4 amide bonds. The average Bonchev–Trinajstić information content (AvgIpc) is 3.20. The molecule has 16 heteroatoms. The number of rotatable bonds is 33. The molecule has 340 valence electrons. The molecule has 1 aromatic rings. The Morgan fingerprint density at radius 3 is 1.80 bits per heavy atom. The quantitative estimate of drug-likeness (QED) is 0.0281. The van der Waals surface area contributed by atoms with Crippen molar-refractivity contribution in [3.8, 4) is 0 Å². The largest absolute Gasteiger partial charge is 0.396 e. The van der Waals surface area contributed by atoms with Gasteiger partial charge in [0.1, 0.15) is 6.04 Å². The molecule has 11 N–H and O–H groups in total. The first-order valence-corrected chi connectivity index (χ1v) is 21.8. The fraction of sp³-hybridized carbons (Fsp3) is 0.705. The van der Waals surface area contributed by atoms with Crippen molar-refractivity contribution in [3.63, 3.8) is 0 Å². The molecule has 0 saturated heterocycles. The summed E-state index contributed by atoms with van der Waals surface area (Å²) in [5.41, 5.74) is 11.7. The van der Waals surface area contributed by atoms with E-state index in [-0.39, 0.29) is 57.1 Å². The lowest BCUT2D eigenvalue weighted by molar-refractivity contribution is -0.136. The highest BCUT2D eigenvalue weighted by atomic mass is 16.3. The fourth-order valence-electron chi connectivity index (χ4n) is 6.77. The first-order valence-electron chi connectivity index (χ1n) is 21.8. The number of carbonyl (C=O) groups is 6. The minimum atomic E-state index is -1.31. The lowest BCUT2D eigenvalue weighted by Gasteiger charge is -2.28. The minimum absolute atomic E-state index is 0.0798. The van der Waals surface area contributed by atoms with Crippen LogP contribution in [0.1, 0.15) is 130 Å². The smallest absolute Gasteiger partial charge is 0.245 e. The third kappa shape index (κ3) is 22.3. The van der Waals surface area contributed by atoms with Crippen LogP contribution >= 0.6 is 0 Å². The van der Waals surface area contributed by atoms with Crippen LogP contribution in [0, 0.1) is 17.8 Å². The van der Waals surface area contributed by atoms with E-state index in [0.717, 1.165) is 24.8 Å². The molecule has 0 spiro atoms. The molecule has 0 aliphatic carbocycles. The molecule has 16 nitrogen and oxygen atoms in total. The summed E-state index contributed by atoms with van der Waals surface area (Å²) in [4.78, 5) is 85.0. The molecule has 0 saturated carbocycles. The summed E-state index contributed by atoms with van der Waals surface area (Å²) in [5, 5.41) is 40.5. The van der Waals surface area contributed by atoms with E-state index >= 15 is 0 Å². The SMILES string of the molecule is CCCCCCCCCCCC(=O)N[C@H](C(=O)N[C@H](C(=O)C[C@@H](Cc1ccccc1)C(=O)N[C@@H](CCCN=C(N)N)C(=O)C[C@@H](CO)C(=O)N[C@H](C)CO)C(C)C)[C@@H](C)O. The molecule has 0 bridgehead atoms. The molecule has 0 aromatic heterocycles. The molecule has 0 fully saturated rings. The van der Waals surface area contributed by atoms with Gasteiger partial charge in [-0.15, -0.1) is 0 Å². The molecule has 1 rings (SSSR count). The molecule has 0 unspecified atom stereocenters. The van der Waals surface area contributed by atoms with Crippen LogP contribution in [0.25, 0.3) is 0 Å². The number of hydrogen-bond donors (Lipinski definition) is 9. The van der Waals surface area contributed by atoms with Crippen molar-refractivity contribution in [2.45, 2.75) is 161 Å². The minimum Gasteiger partial charge on any atom is -0.396 e. The third-order valence-corrected chi connectivity index (χ3v) is 10.4. The van der Waals surface area contributed by atoms with Crippen LogP contribution < -0.4 is 32.7 Å². The summed E-state index contributed by atoms with van der Waals surface area (Å²) in [6, 6.07) is 4.84. The molecule has 0 radical (unpaired) electrons. The number of nitrogens with zero attached hydrogens (tertiary/aromatic N) is 1. The number of nitrogens with one attached hydrogen (secondary N) is 4. The first-order chi connectivity index (χ1) is 28.5. The van der Waals surface area contributed by atoms with E-state index in [1.54, 1.807) is 45.0 Å². The Kier molecular flexibility index (Phi) is 27.3. The molecule has 7 atom stereocenters. The first kappa shape index (κ1) is 53.6. The van der Waals surface area contributed by atoms with Gasteiger partial charge in [-0.05, 0) is 51.0 Å². The monoisotopic (exact) mass is 846 g/mol. The maximum absolute atomic E-state index is 14.1. The number of guanidine groups is 1. The predicted molar refractivity (Wildman–Crippen MR) is 232 cm³/mol. The molecule has 0 heterocycles. The number of amides is 4. The lowest BCUT2D eigenvalue weighted by Crippen LogP contribution is -2.57. The van der Waals surface area contributed by atoms with Gasteiger partial charge in [0.05, 0.1) is 37.3 Å². The number of hydrogen-bond acceptors (Lipinski definition) is 10. The van der Waals surface area contributed by atoms with Crippen LogP contribution in [0.2, 0.25) is 0 Å². The summed E-state index contributed by atoms with van der Waals surface area (Å²) < 4.78 is 0. The van der Waals surface area contributed by atoms with Crippen LogP contribution in [-0.4, -0.2) is 107 Å². The number of nitrogens with two attached hydrogens (primary N) is 2. The van der Waals surface area contributed by atoms with Crippen LogP contribution in [0.15, 0.2) is 35.3 Å². The average molecular weight is 846 g/mol. The molecule has 60 heavy (non-hydrogen) atoms. The van der Waals surface area contributed by atoms with E-state index < -0.39 is 90.3 Å². The maximum atomic E-state index is 14.1. The van der Waals surface area contributed by atoms with E-state index in [9.17, 15) is 44.1 Å². The molecular formula is C44H75N7O9. The van der Waals surface area contributed by atoms with Crippen molar-refractivity contribution in [1.29, 1.82) is 0 Å². The topological polar surface area (TPSA) is 276 Å². The fourth-order valence-corrected chi connectivity index (χ4v) is 6.77. The highest BCUT2D eigenvalue weighted by Crippen LogP contribution is 2.19. The number of aliphatic hydroxyl groups is 3. The Hall–Kier alpha value is -4.41. The van der Waals surface area contributed by atoms with Crippen LogP contribution in [-0.2, 0) is 35.2 Å². The van der Waals surface area contributed by atoms with Gasteiger partial charge >= 0.3 is 0 Å². The van der Waals surface area contributed by atoms with E-state index in [1.807, 2.05) is 6.07 Å². The Balaban J connectivity index is 3.19. The van der Waals surface area contributed by atoms with E-state index in [0.29, 0.717) is 6.42 Å². The second-order valence-electron chi connectivity index (χ2n) is 16.3. The van der Waals surface area contributed by atoms with Gasteiger partial charge in [-0.3, -0.25) is 33.8 Å². The summed E-state index contributed by atoms with van der Waals surface area (Å²) in [5.74, 6) is -6.11. The number of ketones is 2. The summed E-state index contributed by atoms with van der Waals surface area (Å²) in [6.45, 7) is 7.74. The Bertz CT molecular complexity index is 1470. The van der Waals surface area contributed by atoms with Gasteiger partial charge in [-0.2, -0.15) is 0 Å². The Labute approximate surface area is 356 Å². The van der Waals surface area contributed by atoms with Crippen LogP contribution in [0.5, 0.6) is 0 Å². The van der Waals surface area contributed by atoms with Crippen LogP contribution in [0.3, 0.4) is 0 Å². The zero-order chi connectivity index (χ0) is 45.0. The number of Topliss-reactive ketones (excluding diaryl/α,β-unsaturated/α-hetero) is 2. The van der Waals surface area contributed by atoms with Crippen LogP contribution in [0.4, 0.5) is 0 Å². The Morgan fingerprint density at radius 2 is 1.25 bits per heavy atom. The normalized spacial score (nSPS) is 14.8. The highest BCUT2D eigenvalue weighted by Gasteiger charge is 2.35. The van der Waals surface area contributed by atoms with E-state index in [2.05, 4.69) is 33.2 Å². The summed E-state index contributed by atoms with van der Waals surface area (Å²) >= 11 is 0. The number of carbonyl (C=O) groups excluding carboxylic acids is 6. The Morgan fingerprint density at radius 1 is 0.667 bits per heavy atom. The van der Waals surface area contributed by atoms with Gasteiger partial charge in [0.2, 0.25) is 23.6 Å². The van der Waals surface area contributed by atoms with Crippen molar-refractivity contribution < 1.29 is 44.1 Å². The van der Waals surface area contributed by atoms with Gasteiger partial charge < -0.3 is 48.1 Å². The van der Waals surface area contributed by atoms with Crippen molar-refractivity contribution >= 4 is 41.2 Å². The van der Waals surface area contributed by atoms with E-state index in [1.165, 1.54) is 39.0 Å². The van der Waals surface area contributed by atoms with Gasteiger partial charge in [0.15, 0.2) is 17.5 Å². The zero-order valence-electron chi connectivity index (χ0n) is 36.6. The summed E-state index contributed by atoms with van der Waals surface area (Å²) in [7, 11) is 0. The van der Waals surface area contributed by atoms with Crippen molar-refractivity contribution in [1.82, 2.24) is 21.3 Å². The molecule has 0 aliphatic rings. The number of unbranched alkanes of at least 4 members (excludes halogenated alkanes) is 8.